The van der Waals surface area contributed by atoms with Gasteiger partial charge in [0.15, 0.2) is 0 Å². The second-order valence-corrected chi connectivity index (χ2v) is 6.14. The van der Waals surface area contributed by atoms with Crippen LogP contribution >= 0.6 is 0 Å². The van der Waals surface area contributed by atoms with E-state index in [9.17, 15) is 0 Å². The van der Waals surface area contributed by atoms with E-state index in [4.69, 9.17) is 0 Å². The lowest BCUT2D eigenvalue weighted by atomic mass is 9.96. The summed E-state index contributed by atoms with van der Waals surface area (Å²) < 4.78 is 0. The number of hydrogen-bond donors (Lipinski definition) is 0. The fourth-order valence-electron chi connectivity index (χ4n) is 3.46. The summed E-state index contributed by atoms with van der Waals surface area (Å²) >= 11 is 0. The Morgan fingerprint density at radius 1 is 0.500 bits per heavy atom. The lowest BCUT2D eigenvalue weighted by Gasteiger charge is -2.09. The van der Waals surface area contributed by atoms with Gasteiger partial charge in [-0.3, -0.25) is 4.98 Å². The summed E-state index contributed by atoms with van der Waals surface area (Å²) in [6.07, 6.45) is 1.85. The summed E-state index contributed by atoms with van der Waals surface area (Å²) in [6, 6.07) is 30.1. The number of rotatable bonds is 1. The average Bonchev–Trinajstić information content (AvgIpc) is 2.65. The minimum absolute atomic E-state index is 1.02. The Morgan fingerprint density at radius 2 is 1.17 bits per heavy atom. The van der Waals surface area contributed by atoms with Crippen LogP contribution in [0.1, 0.15) is 0 Å². The summed E-state index contributed by atoms with van der Waals surface area (Å²) in [5.41, 5.74) is 2.20. The maximum Gasteiger partial charge on any atom is 0.0708 e. The molecular weight excluding hydrogens is 290 g/mol. The van der Waals surface area contributed by atoms with Crippen LogP contribution in [0.4, 0.5) is 0 Å². The van der Waals surface area contributed by atoms with Gasteiger partial charge in [-0.2, -0.15) is 0 Å². The molecule has 0 aliphatic carbocycles. The molecule has 112 valence electrons. The van der Waals surface area contributed by atoms with E-state index in [2.05, 4.69) is 77.8 Å². The molecule has 0 radical (unpaired) electrons. The number of fused-ring (bicyclic) bond motifs is 3. The normalized spacial score (nSPS) is 11.3. The fourth-order valence-corrected chi connectivity index (χ4v) is 3.46. The first-order valence-corrected chi connectivity index (χ1v) is 8.15. The SMILES string of the molecule is c1ccc(-c2cccc3cc4cc5ccccc5cc4cc23)nc1. The van der Waals surface area contributed by atoms with Crippen LogP contribution in [-0.4, -0.2) is 4.98 Å². The zero-order chi connectivity index (χ0) is 15.9. The van der Waals surface area contributed by atoms with Crippen molar-refractivity contribution in [3.05, 3.63) is 91.1 Å². The number of pyridine rings is 1. The van der Waals surface area contributed by atoms with Gasteiger partial charge in [-0.25, -0.2) is 0 Å². The molecule has 0 atom stereocenters. The van der Waals surface area contributed by atoms with Crippen molar-refractivity contribution in [1.82, 2.24) is 4.98 Å². The van der Waals surface area contributed by atoms with Crippen LogP contribution in [0.15, 0.2) is 91.1 Å². The summed E-state index contributed by atoms with van der Waals surface area (Å²) in [5, 5.41) is 7.61. The molecule has 0 aliphatic heterocycles. The molecule has 1 nitrogen and oxygen atoms in total. The van der Waals surface area contributed by atoms with E-state index in [0.717, 1.165) is 5.69 Å². The molecule has 0 saturated carbocycles. The Hall–Kier alpha value is -3.19. The quantitative estimate of drug-likeness (QED) is 0.336. The van der Waals surface area contributed by atoms with Crippen molar-refractivity contribution in [1.29, 1.82) is 0 Å². The molecule has 0 N–H and O–H groups in total. The smallest absolute Gasteiger partial charge is 0.0708 e. The number of benzene rings is 4. The van der Waals surface area contributed by atoms with Crippen LogP contribution in [0.25, 0.3) is 43.6 Å². The maximum atomic E-state index is 4.53. The van der Waals surface area contributed by atoms with E-state index in [0.29, 0.717) is 0 Å². The van der Waals surface area contributed by atoms with Gasteiger partial charge in [-0.05, 0) is 68.7 Å². The zero-order valence-corrected chi connectivity index (χ0v) is 13.1. The van der Waals surface area contributed by atoms with E-state index in [1.165, 1.54) is 37.9 Å². The van der Waals surface area contributed by atoms with Gasteiger partial charge in [0.1, 0.15) is 0 Å². The molecule has 1 aromatic heterocycles. The van der Waals surface area contributed by atoms with E-state index in [-0.39, 0.29) is 0 Å². The third-order valence-electron chi connectivity index (χ3n) is 4.64. The summed E-state index contributed by atoms with van der Waals surface area (Å²) in [5.74, 6) is 0. The minimum atomic E-state index is 1.02. The van der Waals surface area contributed by atoms with Crippen molar-refractivity contribution in [3.8, 4) is 11.3 Å². The highest BCUT2D eigenvalue weighted by Crippen LogP contribution is 2.32. The van der Waals surface area contributed by atoms with Crippen molar-refractivity contribution in [2.45, 2.75) is 0 Å². The van der Waals surface area contributed by atoms with Gasteiger partial charge in [-0.1, -0.05) is 48.5 Å². The second kappa shape index (κ2) is 5.17. The lowest BCUT2D eigenvalue weighted by Crippen LogP contribution is -1.85. The van der Waals surface area contributed by atoms with Crippen LogP contribution in [0.5, 0.6) is 0 Å². The Labute approximate surface area is 140 Å². The average molecular weight is 305 g/mol. The molecule has 0 aliphatic rings. The highest BCUT2D eigenvalue weighted by molar-refractivity contribution is 6.08. The fraction of sp³-hybridized carbons (Fsp3) is 0. The first-order chi connectivity index (χ1) is 11.9. The third kappa shape index (κ3) is 2.06. The molecule has 1 heterocycles. The van der Waals surface area contributed by atoms with Crippen molar-refractivity contribution >= 4 is 32.3 Å². The standard InChI is InChI=1S/C23H15N/c1-2-7-17-13-20-15-22-18(14-19(20)12-16(17)6-1)8-5-9-21(22)23-10-3-4-11-24-23/h1-15H. The Balaban J connectivity index is 1.87. The van der Waals surface area contributed by atoms with E-state index < -0.39 is 0 Å². The highest BCUT2D eigenvalue weighted by Gasteiger charge is 2.07. The first-order valence-electron chi connectivity index (χ1n) is 8.15. The lowest BCUT2D eigenvalue weighted by molar-refractivity contribution is 1.33. The predicted octanol–water partition coefficient (Wildman–Crippen LogP) is 6.21. The third-order valence-corrected chi connectivity index (χ3v) is 4.64. The van der Waals surface area contributed by atoms with Gasteiger partial charge >= 0.3 is 0 Å². The van der Waals surface area contributed by atoms with E-state index in [1.807, 2.05) is 18.3 Å². The molecule has 0 saturated heterocycles. The van der Waals surface area contributed by atoms with Crippen LogP contribution in [0.2, 0.25) is 0 Å². The Bertz CT molecular complexity index is 1190. The van der Waals surface area contributed by atoms with Gasteiger partial charge in [0.2, 0.25) is 0 Å². The van der Waals surface area contributed by atoms with Crippen LogP contribution in [0.3, 0.4) is 0 Å². The summed E-state index contributed by atoms with van der Waals surface area (Å²) in [7, 11) is 0. The molecular formula is C23H15N. The molecule has 0 bridgehead atoms. The van der Waals surface area contributed by atoms with Crippen molar-refractivity contribution in [2.75, 3.05) is 0 Å². The monoisotopic (exact) mass is 305 g/mol. The molecule has 0 amide bonds. The topological polar surface area (TPSA) is 12.9 Å². The van der Waals surface area contributed by atoms with Crippen molar-refractivity contribution in [2.24, 2.45) is 0 Å². The molecule has 1 heteroatoms. The molecule has 4 aromatic carbocycles. The molecule has 0 unspecified atom stereocenters. The van der Waals surface area contributed by atoms with E-state index >= 15 is 0 Å². The number of hydrogen-bond acceptors (Lipinski definition) is 1. The van der Waals surface area contributed by atoms with Crippen molar-refractivity contribution < 1.29 is 0 Å². The maximum absolute atomic E-state index is 4.53. The van der Waals surface area contributed by atoms with Crippen LogP contribution < -0.4 is 0 Å². The van der Waals surface area contributed by atoms with Crippen molar-refractivity contribution in [3.63, 3.8) is 0 Å². The minimum Gasteiger partial charge on any atom is -0.256 e. The molecule has 5 rings (SSSR count). The largest absolute Gasteiger partial charge is 0.256 e. The number of nitrogens with zero attached hydrogens (tertiary/aromatic N) is 1. The summed E-state index contributed by atoms with van der Waals surface area (Å²) in [6.45, 7) is 0. The van der Waals surface area contributed by atoms with Gasteiger partial charge in [0.05, 0.1) is 5.69 Å². The molecule has 0 spiro atoms. The Kier molecular flexibility index (Phi) is 2.86. The zero-order valence-electron chi connectivity index (χ0n) is 13.1. The predicted molar refractivity (Wildman–Crippen MR) is 102 cm³/mol. The molecule has 0 fully saturated rings. The summed E-state index contributed by atoms with van der Waals surface area (Å²) in [4.78, 5) is 4.53. The highest BCUT2D eigenvalue weighted by atomic mass is 14.7. The second-order valence-electron chi connectivity index (χ2n) is 6.14. The van der Waals surface area contributed by atoms with Crippen LogP contribution in [0, 0.1) is 0 Å². The first kappa shape index (κ1) is 13.3. The van der Waals surface area contributed by atoms with Gasteiger partial charge in [-0.15, -0.1) is 0 Å². The Morgan fingerprint density at radius 3 is 1.92 bits per heavy atom. The van der Waals surface area contributed by atoms with Crippen LogP contribution in [-0.2, 0) is 0 Å². The van der Waals surface area contributed by atoms with Gasteiger partial charge in [0.25, 0.3) is 0 Å². The molecule has 24 heavy (non-hydrogen) atoms. The number of aromatic nitrogens is 1. The van der Waals surface area contributed by atoms with Gasteiger partial charge < -0.3 is 0 Å². The van der Waals surface area contributed by atoms with E-state index in [1.54, 1.807) is 0 Å². The molecule has 5 aromatic rings. The van der Waals surface area contributed by atoms with Gasteiger partial charge in [0, 0.05) is 11.8 Å².